The van der Waals surface area contributed by atoms with Gasteiger partial charge >= 0.3 is 0 Å². The molecule has 43 heavy (non-hydrogen) atoms. The molecule has 2 aliphatic carbocycles. The number of methoxy groups -OCH3 is 2. The van der Waals surface area contributed by atoms with Gasteiger partial charge in [-0.2, -0.15) is 0 Å². The minimum Gasteiger partial charge on any atom is -0.872 e. The van der Waals surface area contributed by atoms with Gasteiger partial charge in [0.25, 0.3) is 0 Å². The Kier molecular flexibility index (Phi) is 7.18. The van der Waals surface area contributed by atoms with Crippen molar-refractivity contribution in [1.82, 2.24) is 0 Å². The smallest absolute Gasteiger partial charge is 0.197 e. The summed E-state index contributed by atoms with van der Waals surface area (Å²) in [6.07, 6.45) is 7.61. The topological polar surface area (TPSA) is 92.7 Å². The summed E-state index contributed by atoms with van der Waals surface area (Å²) in [6.45, 7) is 0. The fraction of sp³-hybridized carbons (Fsp3) is 0.0541. The molecule has 0 bridgehead atoms. The molecule has 0 atom stereocenters. The predicted molar refractivity (Wildman–Crippen MR) is 163 cm³/mol. The highest BCUT2D eigenvalue weighted by Crippen LogP contribution is 2.34. The third kappa shape index (κ3) is 5.00. The molecule has 0 amide bonds. The van der Waals surface area contributed by atoms with Gasteiger partial charge in [-0.1, -0.05) is 66.5 Å². The van der Waals surface area contributed by atoms with Crippen molar-refractivity contribution >= 4 is 23.1 Å². The standard InChI is InChI=1S/C37H26O6/c1-42-26-14-8-22(9-15-26)24-12-18-28-32(20-24)36(40)30(34(28)38)6-4-3-5-7-31-35(39)29-19-13-25(21-33(29)37(31)41)23-10-16-27(43-2)17-11-23/h3-21,40H,1-2H3/p-1. The fourth-order valence-electron chi connectivity index (χ4n) is 5.24. The van der Waals surface area contributed by atoms with E-state index >= 15 is 0 Å². The molecule has 210 valence electrons. The largest absolute Gasteiger partial charge is 0.872 e. The van der Waals surface area contributed by atoms with Crippen molar-refractivity contribution in [1.29, 1.82) is 0 Å². The number of rotatable bonds is 7. The van der Waals surface area contributed by atoms with Crippen LogP contribution in [-0.4, -0.2) is 31.6 Å². The Morgan fingerprint density at radius 2 is 1.02 bits per heavy atom. The predicted octanol–water partition coefficient (Wildman–Crippen LogP) is 6.42. The zero-order valence-electron chi connectivity index (χ0n) is 23.4. The maximum Gasteiger partial charge on any atom is 0.197 e. The first-order valence-corrected chi connectivity index (χ1v) is 13.6. The molecule has 0 aliphatic heterocycles. The van der Waals surface area contributed by atoms with Crippen molar-refractivity contribution < 1.29 is 29.0 Å². The summed E-state index contributed by atoms with van der Waals surface area (Å²) in [5.74, 6) is 0.0868. The number of benzene rings is 4. The Balaban J connectivity index is 1.18. The molecule has 4 aromatic carbocycles. The van der Waals surface area contributed by atoms with Crippen LogP contribution in [0.4, 0.5) is 0 Å². The highest BCUT2D eigenvalue weighted by Gasteiger charge is 2.32. The number of ether oxygens (including phenoxy) is 2. The number of hydrogen-bond acceptors (Lipinski definition) is 6. The highest BCUT2D eigenvalue weighted by molar-refractivity contribution is 6.39. The van der Waals surface area contributed by atoms with Crippen molar-refractivity contribution in [3.05, 3.63) is 149 Å². The summed E-state index contributed by atoms with van der Waals surface area (Å²) in [5.41, 5.74) is 5.01. The lowest BCUT2D eigenvalue weighted by Crippen LogP contribution is -2.02. The molecule has 0 spiro atoms. The molecule has 0 aromatic heterocycles. The highest BCUT2D eigenvalue weighted by atomic mass is 16.5. The molecule has 6 heteroatoms. The van der Waals surface area contributed by atoms with E-state index in [4.69, 9.17) is 9.47 Å². The van der Waals surface area contributed by atoms with Crippen LogP contribution in [0, 0.1) is 0 Å². The number of ketones is 3. The van der Waals surface area contributed by atoms with Gasteiger partial charge in [0.05, 0.1) is 19.8 Å². The van der Waals surface area contributed by atoms with E-state index < -0.39 is 0 Å². The third-order valence-corrected chi connectivity index (χ3v) is 7.59. The lowest BCUT2D eigenvalue weighted by atomic mass is 9.99. The zero-order valence-corrected chi connectivity index (χ0v) is 23.4. The van der Waals surface area contributed by atoms with Crippen molar-refractivity contribution in [3.63, 3.8) is 0 Å². The van der Waals surface area contributed by atoms with Gasteiger partial charge < -0.3 is 14.6 Å². The molecular weight excluding hydrogens is 540 g/mol. The van der Waals surface area contributed by atoms with Crippen LogP contribution in [0.1, 0.15) is 36.6 Å². The molecule has 0 N–H and O–H groups in total. The van der Waals surface area contributed by atoms with Crippen LogP contribution >= 0.6 is 0 Å². The SMILES string of the molecule is COc1ccc(-c2ccc3c(c2)C(=O)C(=CC=CC=CC2=C([O-])c4cc(-c5ccc(OC)cc5)ccc4C2=O)C3=O)cc1. The third-order valence-electron chi connectivity index (χ3n) is 7.59. The number of Topliss-reactive ketones (excluding diaryl/α,β-unsaturated/α-hetero) is 3. The Labute approximate surface area is 248 Å². The fourth-order valence-corrected chi connectivity index (χ4v) is 5.24. The molecule has 4 aromatic rings. The van der Waals surface area contributed by atoms with Crippen LogP contribution in [0.15, 0.2) is 126 Å². The quantitative estimate of drug-likeness (QED) is 0.146. The number of carbonyl (C=O) groups excluding carboxylic acids is 3. The van der Waals surface area contributed by atoms with E-state index in [2.05, 4.69) is 0 Å². The second-order valence-corrected chi connectivity index (χ2v) is 10.0. The Morgan fingerprint density at radius 1 is 0.535 bits per heavy atom. The summed E-state index contributed by atoms with van der Waals surface area (Å²) >= 11 is 0. The second kappa shape index (κ2) is 11.3. The average Bonchev–Trinajstić information content (AvgIpc) is 3.43. The van der Waals surface area contributed by atoms with Crippen LogP contribution in [0.3, 0.4) is 0 Å². The summed E-state index contributed by atoms with van der Waals surface area (Å²) in [6, 6.07) is 25.4. The minimum atomic E-state index is -0.345. The van der Waals surface area contributed by atoms with E-state index in [1.54, 1.807) is 56.7 Å². The maximum atomic E-state index is 13.1. The molecule has 6 rings (SSSR count). The Bertz CT molecular complexity index is 1920. The molecule has 0 unspecified atom stereocenters. The first-order valence-electron chi connectivity index (χ1n) is 13.6. The molecule has 0 radical (unpaired) electrons. The number of allylic oxidation sites excluding steroid dienone is 7. The minimum absolute atomic E-state index is 0.0608. The molecular formula is C37H25O6-. The molecule has 0 fully saturated rings. The first-order chi connectivity index (χ1) is 20.9. The van der Waals surface area contributed by atoms with Gasteiger partial charge in [-0.25, -0.2) is 0 Å². The van der Waals surface area contributed by atoms with Crippen LogP contribution in [0.5, 0.6) is 11.5 Å². The van der Waals surface area contributed by atoms with Gasteiger partial charge in [-0.05, 0) is 82.4 Å². The summed E-state index contributed by atoms with van der Waals surface area (Å²) in [4.78, 5) is 38.9. The van der Waals surface area contributed by atoms with Gasteiger partial charge in [0.2, 0.25) is 0 Å². The van der Waals surface area contributed by atoms with Crippen molar-refractivity contribution in [3.8, 4) is 33.8 Å². The van der Waals surface area contributed by atoms with E-state index in [0.29, 0.717) is 22.3 Å². The van der Waals surface area contributed by atoms with Gasteiger partial charge in [0.15, 0.2) is 17.3 Å². The lowest BCUT2D eigenvalue weighted by Gasteiger charge is -2.11. The van der Waals surface area contributed by atoms with E-state index in [1.807, 2.05) is 60.7 Å². The summed E-state index contributed by atoms with van der Waals surface area (Å²) < 4.78 is 10.4. The summed E-state index contributed by atoms with van der Waals surface area (Å²) in [5, 5.41) is 13.1. The normalized spacial score (nSPS) is 15.2. The zero-order chi connectivity index (χ0) is 30.1. The Morgan fingerprint density at radius 3 is 1.58 bits per heavy atom. The first kappa shape index (κ1) is 27.4. The second-order valence-electron chi connectivity index (χ2n) is 10.0. The van der Waals surface area contributed by atoms with Crippen LogP contribution in [0.25, 0.3) is 28.0 Å². The van der Waals surface area contributed by atoms with E-state index in [1.165, 1.54) is 12.2 Å². The lowest BCUT2D eigenvalue weighted by molar-refractivity contribution is -0.244. The monoisotopic (exact) mass is 565 g/mol. The average molecular weight is 566 g/mol. The Hall–Kier alpha value is -5.75. The molecule has 6 nitrogen and oxygen atoms in total. The van der Waals surface area contributed by atoms with E-state index in [0.717, 1.165) is 33.8 Å². The van der Waals surface area contributed by atoms with E-state index in [9.17, 15) is 19.5 Å². The maximum absolute atomic E-state index is 13.1. The molecule has 2 aliphatic rings. The summed E-state index contributed by atoms with van der Waals surface area (Å²) in [7, 11) is 3.19. The van der Waals surface area contributed by atoms with Gasteiger partial charge in [-0.15, -0.1) is 0 Å². The molecule has 0 saturated carbocycles. The van der Waals surface area contributed by atoms with Crippen LogP contribution < -0.4 is 14.6 Å². The number of fused-ring (bicyclic) bond motifs is 2. The van der Waals surface area contributed by atoms with Gasteiger partial charge in [-0.3, -0.25) is 14.4 Å². The van der Waals surface area contributed by atoms with E-state index in [-0.39, 0.29) is 34.3 Å². The van der Waals surface area contributed by atoms with Crippen LogP contribution in [-0.2, 0) is 0 Å². The molecule has 0 saturated heterocycles. The van der Waals surface area contributed by atoms with Crippen molar-refractivity contribution in [2.24, 2.45) is 0 Å². The van der Waals surface area contributed by atoms with Crippen molar-refractivity contribution in [2.45, 2.75) is 0 Å². The molecule has 0 heterocycles. The van der Waals surface area contributed by atoms with Crippen molar-refractivity contribution in [2.75, 3.05) is 14.2 Å². The number of hydrogen-bond donors (Lipinski definition) is 0. The van der Waals surface area contributed by atoms with Gasteiger partial charge in [0.1, 0.15) is 11.5 Å². The number of carbonyl (C=O) groups is 3. The van der Waals surface area contributed by atoms with Crippen LogP contribution in [0.2, 0.25) is 0 Å². The van der Waals surface area contributed by atoms with Gasteiger partial charge in [0, 0.05) is 22.3 Å².